The van der Waals surface area contributed by atoms with Gasteiger partial charge in [0.1, 0.15) is 0 Å². The van der Waals surface area contributed by atoms with Crippen LogP contribution in [0.1, 0.15) is 41.0 Å². The largest absolute Gasteiger partial charge is 0.478 e. The van der Waals surface area contributed by atoms with Crippen LogP contribution < -0.4 is 5.32 Å². The third kappa shape index (κ3) is 3.89. The number of nitrogens with one attached hydrogen (secondary N) is 1. The zero-order chi connectivity index (χ0) is 15.5. The first-order chi connectivity index (χ1) is 9.88. The molecule has 0 aliphatic rings. The van der Waals surface area contributed by atoms with Crippen LogP contribution in [0.4, 0.5) is 0 Å². The molecule has 0 aliphatic heterocycles. The van der Waals surface area contributed by atoms with Crippen molar-refractivity contribution in [2.75, 3.05) is 0 Å². The van der Waals surface area contributed by atoms with Crippen molar-refractivity contribution in [3.05, 3.63) is 65.0 Å². The van der Waals surface area contributed by atoms with Gasteiger partial charge in [-0.2, -0.15) is 0 Å². The van der Waals surface area contributed by atoms with E-state index in [1.165, 1.54) is 0 Å². The van der Waals surface area contributed by atoms with Crippen molar-refractivity contribution in [3.63, 3.8) is 0 Å². The van der Waals surface area contributed by atoms with E-state index in [0.717, 1.165) is 16.8 Å². The van der Waals surface area contributed by atoms with Gasteiger partial charge in [-0.1, -0.05) is 18.2 Å². The minimum Gasteiger partial charge on any atom is -0.478 e. The monoisotopic (exact) mass is 284 g/mol. The van der Waals surface area contributed by atoms with Crippen LogP contribution in [0.2, 0.25) is 0 Å². The number of pyridine rings is 1. The van der Waals surface area contributed by atoms with Crippen LogP contribution in [-0.4, -0.2) is 16.1 Å². The van der Waals surface area contributed by atoms with Gasteiger partial charge in [0, 0.05) is 24.0 Å². The molecule has 0 radical (unpaired) electrons. The Labute approximate surface area is 124 Å². The van der Waals surface area contributed by atoms with Crippen molar-refractivity contribution in [1.29, 1.82) is 0 Å². The Balaban J connectivity index is 2.04. The average Bonchev–Trinajstić information content (AvgIpc) is 2.46. The molecule has 0 bridgehead atoms. The molecule has 2 aromatic rings. The summed E-state index contributed by atoms with van der Waals surface area (Å²) in [6.45, 7) is 6.84. The minimum atomic E-state index is -0.902. The first kappa shape index (κ1) is 15.2. The van der Waals surface area contributed by atoms with E-state index < -0.39 is 5.97 Å². The highest BCUT2D eigenvalue weighted by molar-refractivity contribution is 5.87. The van der Waals surface area contributed by atoms with E-state index in [9.17, 15) is 4.79 Å². The standard InChI is InChI=1S/C17H20N2O2/c1-12-4-9-15(11-18-12)17(2,3)19-10-13-5-7-14(8-6-13)16(20)21/h4-9,11,19H,10H2,1-3H3,(H,20,21). The normalized spacial score (nSPS) is 11.4. The zero-order valence-corrected chi connectivity index (χ0v) is 12.6. The summed E-state index contributed by atoms with van der Waals surface area (Å²) >= 11 is 0. The van der Waals surface area contributed by atoms with Crippen LogP contribution in [0, 0.1) is 6.92 Å². The molecule has 21 heavy (non-hydrogen) atoms. The lowest BCUT2D eigenvalue weighted by molar-refractivity contribution is 0.0697. The van der Waals surface area contributed by atoms with E-state index in [4.69, 9.17) is 5.11 Å². The average molecular weight is 284 g/mol. The molecule has 0 unspecified atom stereocenters. The van der Waals surface area contributed by atoms with Gasteiger partial charge in [-0.3, -0.25) is 4.98 Å². The van der Waals surface area contributed by atoms with E-state index >= 15 is 0 Å². The molecular formula is C17H20N2O2. The number of nitrogens with zero attached hydrogens (tertiary/aromatic N) is 1. The summed E-state index contributed by atoms with van der Waals surface area (Å²) in [6.07, 6.45) is 1.88. The van der Waals surface area contributed by atoms with E-state index in [-0.39, 0.29) is 5.54 Å². The number of benzene rings is 1. The molecule has 110 valence electrons. The Morgan fingerprint density at radius 1 is 1.19 bits per heavy atom. The Bertz CT molecular complexity index is 616. The highest BCUT2D eigenvalue weighted by Crippen LogP contribution is 2.20. The molecule has 2 rings (SSSR count). The molecule has 4 heteroatoms. The number of hydrogen-bond acceptors (Lipinski definition) is 3. The second kappa shape index (κ2) is 6.06. The number of aromatic carboxylic acids is 1. The van der Waals surface area contributed by atoms with Gasteiger partial charge in [0.2, 0.25) is 0 Å². The molecule has 0 aliphatic carbocycles. The van der Waals surface area contributed by atoms with Gasteiger partial charge in [-0.05, 0) is 50.1 Å². The second-order valence-corrected chi connectivity index (χ2v) is 5.67. The molecule has 2 N–H and O–H groups in total. The number of aromatic nitrogens is 1. The molecule has 1 heterocycles. The first-order valence-electron chi connectivity index (χ1n) is 6.89. The lowest BCUT2D eigenvalue weighted by Crippen LogP contribution is -2.36. The molecule has 1 aromatic heterocycles. The lowest BCUT2D eigenvalue weighted by Gasteiger charge is -2.27. The molecule has 0 fully saturated rings. The van der Waals surface area contributed by atoms with Crippen LogP contribution in [-0.2, 0) is 12.1 Å². The molecule has 4 nitrogen and oxygen atoms in total. The molecule has 0 spiro atoms. The summed E-state index contributed by atoms with van der Waals surface area (Å²) in [6, 6.07) is 11.0. The van der Waals surface area contributed by atoms with Crippen LogP contribution in [0.25, 0.3) is 0 Å². The van der Waals surface area contributed by atoms with Gasteiger partial charge in [0.25, 0.3) is 0 Å². The van der Waals surface area contributed by atoms with Crippen molar-refractivity contribution in [1.82, 2.24) is 10.3 Å². The summed E-state index contributed by atoms with van der Waals surface area (Å²) in [5, 5.41) is 12.4. The van der Waals surface area contributed by atoms with Crippen LogP contribution in [0.5, 0.6) is 0 Å². The number of carbonyl (C=O) groups is 1. The Morgan fingerprint density at radius 3 is 2.38 bits per heavy atom. The highest BCUT2D eigenvalue weighted by atomic mass is 16.4. The van der Waals surface area contributed by atoms with Crippen molar-refractivity contribution in [3.8, 4) is 0 Å². The Hall–Kier alpha value is -2.20. The van der Waals surface area contributed by atoms with Gasteiger partial charge in [0.05, 0.1) is 5.56 Å². The van der Waals surface area contributed by atoms with Gasteiger partial charge in [-0.25, -0.2) is 4.79 Å². The Morgan fingerprint density at radius 2 is 1.86 bits per heavy atom. The van der Waals surface area contributed by atoms with Crippen LogP contribution in [0.3, 0.4) is 0 Å². The van der Waals surface area contributed by atoms with Gasteiger partial charge in [0.15, 0.2) is 0 Å². The predicted octanol–water partition coefficient (Wildman–Crippen LogP) is 3.11. The van der Waals surface area contributed by atoms with E-state index in [1.54, 1.807) is 12.1 Å². The summed E-state index contributed by atoms with van der Waals surface area (Å²) in [5.41, 5.74) is 3.27. The fraction of sp³-hybridized carbons (Fsp3) is 0.294. The Kier molecular flexibility index (Phi) is 4.38. The maximum Gasteiger partial charge on any atom is 0.335 e. The molecular weight excluding hydrogens is 264 g/mol. The quantitative estimate of drug-likeness (QED) is 0.885. The van der Waals surface area contributed by atoms with Crippen molar-refractivity contribution < 1.29 is 9.90 Å². The fourth-order valence-electron chi connectivity index (χ4n) is 2.03. The minimum absolute atomic E-state index is 0.202. The summed E-state index contributed by atoms with van der Waals surface area (Å²) in [7, 11) is 0. The van der Waals surface area contributed by atoms with Crippen molar-refractivity contribution in [2.24, 2.45) is 0 Å². The number of carboxylic acid groups (broad SMARTS) is 1. The number of rotatable bonds is 5. The van der Waals surface area contributed by atoms with E-state index in [2.05, 4.69) is 30.2 Å². The summed E-state index contributed by atoms with van der Waals surface area (Å²) in [5.74, 6) is -0.902. The molecule has 0 amide bonds. The van der Waals surface area contributed by atoms with Gasteiger partial charge < -0.3 is 10.4 Å². The van der Waals surface area contributed by atoms with E-state index in [1.807, 2.05) is 31.3 Å². The third-order valence-corrected chi connectivity index (χ3v) is 3.57. The van der Waals surface area contributed by atoms with Crippen LogP contribution >= 0.6 is 0 Å². The lowest BCUT2D eigenvalue weighted by atomic mass is 9.95. The fourth-order valence-corrected chi connectivity index (χ4v) is 2.03. The molecule has 0 saturated heterocycles. The topological polar surface area (TPSA) is 62.2 Å². The number of hydrogen-bond donors (Lipinski definition) is 2. The third-order valence-electron chi connectivity index (χ3n) is 3.57. The summed E-state index contributed by atoms with van der Waals surface area (Å²) in [4.78, 5) is 15.1. The van der Waals surface area contributed by atoms with E-state index in [0.29, 0.717) is 12.1 Å². The van der Waals surface area contributed by atoms with Crippen molar-refractivity contribution >= 4 is 5.97 Å². The summed E-state index contributed by atoms with van der Waals surface area (Å²) < 4.78 is 0. The zero-order valence-electron chi connectivity index (χ0n) is 12.6. The SMILES string of the molecule is Cc1ccc(C(C)(C)NCc2ccc(C(=O)O)cc2)cn1. The molecule has 0 atom stereocenters. The maximum atomic E-state index is 10.8. The predicted molar refractivity (Wildman–Crippen MR) is 82.2 cm³/mol. The maximum absolute atomic E-state index is 10.8. The molecule has 1 aromatic carbocycles. The highest BCUT2D eigenvalue weighted by Gasteiger charge is 2.19. The number of aryl methyl sites for hydroxylation is 1. The van der Waals surface area contributed by atoms with Crippen molar-refractivity contribution in [2.45, 2.75) is 32.9 Å². The second-order valence-electron chi connectivity index (χ2n) is 5.67. The van der Waals surface area contributed by atoms with Crippen LogP contribution in [0.15, 0.2) is 42.6 Å². The van der Waals surface area contributed by atoms with Gasteiger partial charge >= 0.3 is 5.97 Å². The smallest absolute Gasteiger partial charge is 0.335 e. The molecule has 0 saturated carbocycles. The van der Waals surface area contributed by atoms with Gasteiger partial charge in [-0.15, -0.1) is 0 Å². The first-order valence-corrected chi connectivity index (χ1v) is 6.89. The number of carboxylic acids is 1.